The number of halogens is 1. The van der Waals surface area contributed by atoms with Crippen molar-refractivity contribution in [2.24, 2.45) is 5.92 Å². The Bertz CT molecular complexity index is 1060. The molecule has 30 heavy (non-hydrogen) atoms. The van der Waals surface area contributed by atoms with E-state index in [0.29, 0.717) is 15.8 Å². The predicted octanol–water partition coefficient (Wildman–Crippen LogP) is 5.57. The molecule has 0 spiro atoms. The van der Waals surface area contributed by atoms with Crippen LogP contribution < -0.4 is 15.5 Å². The van der Waals surface area contributed by atoms with Gasteiger partial charge in [-0.2, -0.15) is 0 Å². The second-order valence-electron chi connectivity index (χ2n) is 7.32. The highest BCUT2D eigenvalue weighted by Gasteiger charge is 2.41. The molecule has 4 rings (SSSR count). The van der Waals surface area contributed by atoms with Crippen LogP contribution in [-0.2, 0) is 4.79 Å². The molecule has 0 bridgehead atoms. The van der Waals surface area contributed by atoms with Gasteiger partial charge in [0.15, 0.2) is 5.11 Å². The minimum Gasteiger partial charge on any atom is -0.351 e. The average molecular weight is 457 g/mol. The van der Waals surface area contributed by atoms with Crippen molar-refractivity contribution in [3.05, 3.63) is 75.7 Å². The minimum atomic E-state index is -0.126. The monoisotopic (exact) mass is 456 g/mol. The van der Waals surface area contributed by atoms with Gasteiger partial charge in [0.2, 0.25) is 5.91 Å². The van der Waals surface area contributed by atoms with E-state index in [1.54, 1.807) is 17.5 Å². The fraction of sp³-hybridized carbons (Fsp3) is 0.227. The number of nitrogens with one attached hydrogen (secondary N) is 2. The van der Waals surface area contributed by atoms with Crippen molar-refractivity contribution in [3.63, 3.8) is 0 Å². The van der Waals surface area contributed by atoms with Gasteiger partial charge in [-0.1, -0.05) is 37.6 Å². The number of carbonyl (C=O) groups excluding carboxylic acids is 1. The number of rotatable bonds is 5. The lowest BCUT2D eigenvalue weighted by Gasteiger charge is -2.27. The van der Waals surface area contributed by atoms with E-state index in [-0.39, 0.29) is 23.9 Å². The summed E-state index contributed by atoms with van der Waals surface area (Å²) in [5.41, 5.74) is 2.37. The minimum absolute atomic E-state index is 0.0560. The van der Waals surface area contributed by atoms with E-state index in [4.69, 9.17) is 23.8 Å². The Morgan fingerprint density at radius 2 is 2.10 bits per heavy atom. The maximum atomic E-state index is 12.0. The van der Waals surface area contributed by atoms with Crippen LogP contribution in [-0.4, -0.2) is 16.0 Å². The molecule has 0 aliphatic carbocycles. The molecule has 1 amide bonds. The number of carbonyl (C=O) groups is 1. The van der Waals surface area contributed by atoms with Gasteiger partial charge >= 0.3 is 0 Å². The van der Waals surface area contributed by atoms with E-state index < -0.39 is 0 Å². The quantitative estimate of drug-likeness (QED) is 0.491. The van der Waals surface area contributed by atoms with E-state index in [9.17, 15) is 4.79 Å². The summed E-state index contributed by atoms with van der Waals surface area (Å²) in [5, 5.41) is 9.43. The van der Waals surface area contributed by atoms with Crippen molar-refractivity contribution in [2.45, 2.75) is 25.9 Å². The molecule has 1 fully saturated rings. The summed E-state index contributed by atoms with van der Waals surface area (Å²) < 4.78 is 0. The zero-order valence-corrected chi connectivity index (χ0v) is 18.9. The number of aromatic nitrogens is 1. The lowest BCUT2D eigenvalue weighted by atomic mass is 10.0. The van der Waals surface area contributed by atoms with Gasteiger partial charge < -0.3 is 15.5 Å². The third kappa shape index (κ3) is 4.05. The molecule has 3 heterocycles. The second-order valence-corrected chi connectivity index (χ2v) is 9.09. The molecule has 0 radical (unpaired) electrons. The summed E-state index contributed by atoms with van der Waals surface area (Å²) in [6, 6.07) is 15.5. The molecule has 1 saturated heterocycles. The largest absolute Gasteiger partial charge is 0.351 e. The number of thiophene rings is 1. The maximum absolute atomic E-state index is 12.0. The molecule has 8 heteroatoms. The van der Waals surface area contributed by atoms with Crippen LogP contribution in [0.5, 0.6) is 0 Å². The Labute approximate surface area is 190 Å². The Kier molecular flexibility index (Phi) is 6.04. The lowest BCUT2D eigenvalue weighted by molar-refractivity contribution is -0.118. The Balaban J connectivity index is 1.71. The van der Waals surface area contributed by atoms with Gasteiger partial charge in [0.05, 0.1) is 28.5 Å². The summed E-state index contributed by atoms with van der Waals surface area (Å²) in [7, 11) is 0. The Morgan fingerprint density at radius 3 is 2.73 bits per heavy atom. The molecule has 2 N–H and O–H groups in total. The summed E-state index contributed by atoms with van der Waals surface area (Å²) in [6.07, 6.45) is 1.79. The Hall–Kier alpha value is -2.48. The first-order valence-electron chi connectivity index (χ1n) is 9.60. The van der Waals surface area contributed by atoms with Gasteiger partial charge in [-0.05, 0) is 54.0 Å². The van der Waals surface area contributed by atoms with Crippen molar-refractivity contribution < 1.29 is 4.79 Å². The van der Waals surface area contributed by atoms with Crippen LogP contribution in [0.15, 0.2) is 60.1 Å². The molecule has 3 aromatic rings. The van der Waals surface area contributed by atoms with E-state index in [1.165, 1.54) is 4.88 Å². The highest BCUT2D eigenvalue weighted by atomic mass is 35.5. The van der Waals surface area contributed by atoms with Crippen LogP contribution in [0.25, 0.3) is 0 Å². The summed E-state index contributed by atoms with van der Waals surface area (Å²) >= 11 is 13.9. The summed E-state index contributed by atoms with van der Waals surface area (Å²) in [5.74, 6) is -0.201. The van der Waals surface area contributed by atoms with Crippen LogP contribution in [0.4, 0.5) is 11.4 Å². The molecule has 2 atom stereocenters. The van der Waals surface area contributed by atoms with Crippen molar-refractivity contribution in [2.75, 3.05) is 10.2 Å². The third-order valence-electron chi connectivity index (χ3n) is 4.95. The molecule has 1 aromatic carbocycles. The Morgan fingerprint density at radius 1 is 1.27 bits per heavy atom. The van der Waals surface area contributed by atoms with Crippen LogP contribution in [0.3, 0.4) is 0 Å². The zero-order chi connectivity index (χ0) is 21.3. The van der Waals surface area contributed by atoms with Crippen LogP contribution in [0.1, 0.15) is 36.5 Å². The molecule has 1 aliphatic heterocycles. The molecular weight excluding hydrogens is 436 g/mol. The smallest absolute Gasteiger partial charge is 0.226 e. The number of benzene rings is 1. The van der Waals surface area contributed by atoms with Gasteiger partial charge in [0, 0.05) is 22.7 Å². The lowest BCUT2D eigenvalue weighted by Crippen LogP contribution is -2.29. The SMILES string of the molecule is CC(C)C(=O)Nc1ccc(N2C(=S)NC(c3ccccn3)C2c2cccs2)cc1Cl. The van der Waals surface area contributed by atoms with E-state index in [1.807, 2.05) is 56.3 Å². The van der Waals surface area contributed by atoms with Crippen molar-refractivity contribution in [1.82, 2.24) is 10.3 Å². The van der Waals surface area contributed by atoms with Crippen molar-refractivity contribution in [1.29, 1.82) is 0 Å². The highest BCUT2D eigenvalue weighted by Crippen LogP contribution is 2.44. The number of nitrogens with zero attached hydrogens (tertiary/aromatic N) is 2. The topological polar surface area (TPSA) is 57.3 Å². The zero-order valence-electron chi connectivity index (χ0n) is 16.5. The first-order chi connectivity index (χ1) is 14.5. The first-order valence-corrected chi connectivity index (χ1v) is 11.3. The number of pyridine rings is 1. The van der Waals surface area contributed by atoms with Crippen LogP contribution >= 0.6 is 35.2 Å². The molecule has 154 valence electrons. The van der Waals surface area contributed by atoms with E-state index in [0.717, 1.165) is 11.4 Å². The van der Waals surface area contributed by atoms with E-state index in [2.05, 4.69) is 32.0 Å². The molecule has 5 nitrogen and oxygen atoms in total. The van der Waals surface area contributed by atoms with Crippen LogP contribution in [0, 0.1) is 5.92 Å². The van der Waals surface area contributed by atoms with Gasteiger partial charge in [0.25, 0.3) is 0 Å². The normalized spacial score (nSPS) is 18.5. The summed E-state index contributed by atoms with van der Waals surface area (Å²) in [6.45, 7) is 3.69. The van der Waals surface area contributed by atoms with E-state index >= 15 is 0 Å². The standard InChI is InChI=1S/C22H21ClN4OS2/c1-13(2)21(28)25-16-9-8-14(12-15(16)23)27-20(18-7-5-11-30-18)19(26-22(27)29)17-6-3-4-10-24-17/h3-13,19-20H,1-2H3,(H,25,28)(H,26,29). The number of amides is 1. The van der Waals surface area contributed by atoms with Gasteiger partial charge in [0.1, 0.15) is 0 Å². The van der Waals surface area contributed by atoms with Gasteiger partial charge in [-0.15, -0.1) is 11.3 Å². The molecule has 1 aliphatic rings. The van der Waals surface area contributed by atoms with Gasteiger partial charge in [-0.25, -0.2) is 0 Å². The molecule has 2 aromatic heterocycles. The molecular formula is C22H21ClN4OS2. The van der Waals surface area contributed by atoms with Crippen molar-refractivity contribution in [3.8, 4) is 0 Å². The third-order valence-corrected chi connectivity index (χ3v) is 6.52. The van der Waals surface area contributed by atoms with Crippen LogP contribution in [0.2, 0.25) is 5.02 Å². The average Bonchev–Trinajstić information content (AvgIpc) is 3.37. The maximum Gasteiger partial charge on any atom is 0.226 e. The number of hydrogen-bond acceptors (Lipinski definition) is 4. The summed E-state index contributed by atoms with van der Waals surface area (Å²) in [4.78, 5) is 19.8. The predicted molar refractivity (Wildman–Crippen MR) is 127 cm³/mol. The number of hydrogen-bond donors (Lipinski definition) is 2. The highest BCUT2D eigenvalue weighted by molar-refractivity contribution is 7.80. The van der Waals surface area contributed by atoms with Gasteiger partial charge in [-0.3, -0.25) is 9.78 Å². The first kappa shape index (κ1) is 20.8. The van der Waals surface area contributed by atoms with Crippen molar-refractivity contribution >= 4 is 57.5 Å². The fourth-order valence-corrected chi connectivity index (χ4v) is 4.83. The number of thiocarbonyl (C=S) groups is 1. The fourth-order valence-electron chi connectivity index (χ4n) is 3.41. The molecule has 0 saturated carbocycles. The number of anilines is 2. The molecule has 2 unspecified atom stereocenters. The second kappa shape index (κ2) is 8.71.